The number of hydrogen-bond acceptors (Lipinski definition) is 2. The van der Waals surface area contributed by atoms with Gasteiger partial charge in [-0.2, -0.15) is 0 Å². The van der Waals surface area contributed by atoms with Gasteiger partial charge in [0, 0.05) is 26.7 Å². The third-order valence-electron chi connectivity index (χ3n) is 9.80. The van der Waals surface area contributed by atoms with Gasteiger partial charge in [-0.05, 0) is 62.0 Å². The number of nitrogens with zero attached hydrogens (tertiary/aromatic N) is 2. The molecule has 10 aromatic rings. The van der Waals surface area contributed by atoms with E-state index in [2.05, 4.69) is 132 Å². The summed E-state index contributed by atoms with van der Waals surface area (Å²) in [6, 6.07) is 56.7. The van der Waals surface area contributed by atoms with E-state index in [1.807, 2.05) is 36.4 Å². The quantitative estimate of drug-likeness (QED) is 0.146. The fourth-order valence-electron chi connectivity index (χ4n) is 7.58. The Kier molecular flexibility index (Phi) is 5.55. The van der Waals surface area contributed by atoms with Crippen molar-refractivity contribution < 1.29 is 4.57 Å². The van der Waals surface area contributed by atoms with Gasteiger partial charge in [0.15, 0.2) is 7.14 Å². The molecular weight excluding hydrogens is 591 g/mol. The second-order valence-corrected chi connectivity index (χ2v) is 15.1. The van der Waals surface area contributed by atoms with Gasteiger partial charge in [0.25, 0.3) is 0 Å². The van der Waals surface area contributed by atoms with E-state index in [4.69, 9.17) is 4.98 Å². The maximum atomic E-state index is 15.9. The summed E-state index contributed by atoms with van der Waals surface area (Å²) in [6.07, 6.45) is 0. The molecule has 0 N–H and O–H groups in total. The lowest BCUT2D eigenvalue weighted by molar-refractivity contribution is 0.592. The molecule has 47 heavy (non-hydrogen) atoms. The van der Waals surface area contributed by atoms with Crippen molar-refractivity contribution in [3.8, 4) is 0 Å². The zero-order valence-electron chi connectivity index (χ0n) is 25.3. The number of fused-ring (bicyclic) bond motifs is 13. The lowest BCUT2D eigenvalue weighted by atomic mass is 9.99. The first-order chi connectivity index (χ1) is 23.2. The summed E-state index contributed by atoms with van der Waals surface area (Å²) in [5.74, 6) is 0. The fraction of sp³-hybridized carbons (Fsp3) is 0. The molecule has 0 saturated carbocycles. The third-order valence-corrected chi connectivity index (χ3v) is 12.8. The number of imidazole rings is 1. The van der Waals surface area contributed by atoms with Crippen molar-refractivity contribution >= 4 is 93.7 Å². The lowest BCUT2D eigenvalue weighted by Gasteiger charge is -2.22. The SMILES string of the molecule is O=P(c1ccccc1)(c1ccc2c(ccc3ccccc32)c1)c1ccc2c3ccc4ccccc4c3c3nc4ccccc4n3c2c1. The Bertz CT molecular complexity index is 2940. The topological polar surface area (TPSA) is 34.4 Å². The molecule has 0 saturated heterocycles. The average Bonchev–Trinajstić information content (AvgIpc) is 3.54. The molecule has 0 spiro atoms. The fourth-order valence-corrected chi connectivity index (χ4v) is 10.3. The number of benzene rings is 8. The molecule has 2 aromatic heterocycles. The van der Waals surface area contributed by atoms with Crippen LogP contribution in [0.15, 0.2) is 164 Å². The van der Waals surface area contributed by atoms with E-state index >= 15 is 4.57 Å². The number of aromatic nitrogens is 2. The third kappa shape index (κ3) is 3.75. The Balaban J connectivity index is 1.32. The Morgan fingerprint density at radius 1 is 0.426 bits per heavy atom. The predicted octanol–water partition coefficient (Wildman–Crippen LogP) is 9.89. The highest BCUT2D eigenvalue weighted by atomic mass is 31.2. The standard InChI is InChI=1S/C43H27N2OP/c46-47(31-12-2-1-3-13-31,32-21-24-35-30(26-32)19-18-28-10-4-6-14-34(28)35)33-22-25-37-38-23-20-29-11-5-7-15-36(29)42(38)43-44-39-16-8-9-17-40(39)45(43)41(37)27-33/h1-27H. The highest BCUT2D eigenvalue weighted by Gasteiger charge is 2.31. The second kappa shape index (κ2) is 9.87. The largest absolute Gasteiger partial charge is 0.309 e. The van der Waals surface area contributed by atoms with Gasteiger partial charge < -0.3 is 4.57 Å². The van der Waals surface area contributed by atoms with Crippen molar-refractivity contribution in [1.29, 1.82) is 0 Å². The number of rotatable bonds is 3. The molecule has 3 nitrogen and oxygen atoms in total. The molecular formula is C43H27N2OP. The normalized spacial score (nSPS) is 13.4. The van der Waals surface area contributed by atoms with Crippen LogP contribution >= 0.6 is 7.14 Å². The number of pyridine rings is 1. The first-order valence-electron chi connectivity index (χ1n) is 15.9. The Labute approximate surface area is 270 Å². The van der Waals surface area contributed by atoms with Gasteiger partial charge in [0.1, 0.15) is 5.65 Å². The van der Waals surface area contributed by atoms with E-state index in [0.29, 0.717) is 0 Å². The minimum atomic E-state index is -3.30. The predicted molar refractivity (Wildman–Crippen MR) is 200 cm³/mol. The van der Waals surface area contributed by atoms with Crippen LogP contribution < -0.4 is 15.9 Å². The minimum absolute atomic E-state index is 0.801. The molecule has 4 heteroatoms. The minimum Gasteiger partial charge on any atom is -0.309 e. The Hall–Kier alpha value is -5.76. The number of para-hydroxylation sites is 2. The van der Waals surface area contributed by atoms with Gasteiger partial charge in [-0.25, -0.2) is 4.98 Å². The molecule has 0 bridgehead atoms. The first-order valence-corrected chi connectivity index (χ1v) is 17.6. The second-order valence-electron chi connectivity index (χ2n) is 12.3. The van der Waals surface area contributed by atoms with Crippen molar-refractivity contribution in [3.63, 3.8) is 0 Å². The van der Waals surface area contributed by atoms with Crippen LogP contribution in [0, 0.1) is 0 Å². The van der Waals surface area contributed by atoms with Gasteiger partial charge in [-0.15, -0.1) is 0 Å². The Morgan fingerprint density at radius 2 is 1.02 bits per heavy atom. The van der Waals surface area contributed by atoms with Gasteiger partial charge in [0.2, 0.25) is 0 Å². The van der Waals surface area contributed by atoms with Crippen LogP contribution in [0.25, 0.3) is 70.7 Å². The molecule has 0 fully saturated rings. The van der Waals surface area contributed by atoms with Crippen LogP contribution in [0.2, 0.25) is 0 Å². The smallest absolute Gasteiger partial charge is 0.171 e. The lowest BCUT2D eigenvalue weighted by Crippen LogP contribution is -2.25. The van der Waals surface area contributed by atoms with E-state index in [0.717, 1.165) is 65.0 Å². The van der Waals surface area contributed by atoms with Crippen LogP contribution in [0.3, 0.4) is 0 Å². The summed E-state index contributed by atoms with van der Waals surface area (Å²) in [7, 11) is -3.30. The Morgan fingerprint density at radius 3 is 1.87 bits per heavy atom. The molecule has 1 unspecified atom stereocenters. The van der Waals surface area contributed by atoms with Crippen LogP contribution in [0.1, 0.15) is 0 Å². The summed E-state index contributed by atoms with van der Waals surface area (Å²) in [4.78, 5) is 5.20. The van der Waals surface area contributed by atoms with E-state index in [1.54, 1.807) is 0 Å². The maximum Gasteiger partial charge on any atom is 0.171 e. The summed E-state index contributed by atoms with van der Waals surface area (Å²) >= 11 is 0. The zero-order valence-corrected chi connectivity index (χ0v) is 26.2. The van der Waals surface area contributed by atoms with Gasteiger partial charge >= 0.3 is 0 Å². The summed E-state index contributed by atoms with van der Waals surface area (Å²) in [5.41, 5.74) is 3.88. The van der Waals surface area contributed by atoms with E-state index in [1.165, 1.54) is 21.5 Å². The first kappa shape index (κ1) is 26.5. The maximum absolute atomic E-state index is 15.9. The summed E-state index contributed by atoms with van der Waals surface area (Å²) in [6.45, 7) is 0. The highest BCUT2D eigenvalue weighted by Crippen LogP contribution is 2.45. The van der Waals surface area contributed by atoms with Gasteiger partial charge in [-0.3, -0.25) is 4.40 Å². The van der Waals surface area contributed by atoms with Crippen molar-refractivity contribution in [2.24, 2.45) is 0 Å². The van der Waals surface area contributed by atoms with Gasteiger partial charge in [0.05, 0.1) is 16.6 Å². The molecule has 0 aliphatic carbocycles. The van der Waals surface area contributed by atoms with Crippen LogP contribution in [0.5, 0.6) is 0 Å². The average molecular weight is 619 g/mol. The van der Waals surface area contributed by atoms with E-state index in [9.17, 15) is 0 Å². The molecule has 1 atom stereocenters. The van der Waals surface area contributed by atoms with Crippen molar-refractivity contribution in [1.82, 2.24) is 9.38 Å². The molecule has 0 aliphatic rings. The molecule has 0 radical (unpaired) electrons. The highest BCUT2D eigenvalue weighted by molar-refractivity contribution is 7.85. The number of hydrogen-bond donors (Lipinski definition) is 0. The molecule has 10 rings (SSSR count). The van der Waals surface area contributed by atoms with Crippen molar-refractivity contribution in [3.05, 3.63) is 164 Å². The summed E-state index contributed by atoms with van der Waals surface area (Å²) in [5, 5.41) is 12.8. The molecule has 220 valence electrons. The van der Waals surface area contributed by atoms with Crippen molar-refractivity contribution in [2.45, 2.75) is 0 Å². The molecule has 8 aromatic carbocycles. The van der Waals surface area contributed by atoms with Crippen molar-refractivity contribution in [2.75, 3.05) is 0 Å². The molecule has 2 heterocycles. The van der Waals surface area contributed by atoms with Crippen LogP contribution in [0.4, 0.5) is 0 Å². The molecule has 0 aliphatic heterocycles. The van der Waals surface area contributed by atoms with Crippen LogP contribution in [-0.2, 0) is 4.57 Å². The van der Waals surface area contributed by atoms with E-state index in [-0.39, 0.29) is 0 Å². The molecule has 0 amide bonds. The summed E-state index contributed by atoms with van der Waals surface area (Å²) < 4.78 is 18.2. The zero-order chi connectivity index (χ0) is 31.1. The van der Waals surface area contributed by atoms with Crippen LogP contribution in [-0.4, -0.2) is 9.38 Å². The van der Waals surface area contributed by atoms with E-state index < -0.39 is 7.14 Å². The van der Waals surface area contributed by atoms with Gasteiger partial charge in [-0.1, -0.05) is 140 Å². The monoisotopic (exact) mass is 618 g/mol.